The molecule has 1 atom stereocenters. The Hall–Kier alpha value is -4.06. The average Bonchev–Trinajstić information content (AvgIpc) is 2.93. The van der Waals surface area contributed by atoms with Crippen molar-refractivity contribution in [1.82, 2.24) is 15.5 Å². The van der Waals surface area contributed by atoms with Crippen LogP contribution in [-0.4, -0.2) is 66.8 Å². The van der Waals surface area contributed by atoms with Gasteiger partial charge in [-0.05, 0) is 76.4 Å². The van der Waals surface area contributed by atoms with E-state index in [1.807, 2.05) is 0 Å². The second-order valence-corrected chi connectivity index (χ2v) is 10.3. The van der Waals surface area contributed by atoms with E-state index in [1.165, 1.54) is 41.3 Å². The largest absolute Gasteiger partial charge is 0.465 e. The van der Waals surface area contributed by atoms with Gasteiger partial charge in [0.2, 0.25) is 5.91 Å². The molecule has 0 aromatic heterocycles. The van der Waals surface area contributed by atoms with Crippen LogP contribution in [0.25, 0.3) is 0 Å². The van der Waals surface area contributed by atoms with Gasteiger partial charge in [-0.3, -0.25) is 14.4 Å². The van der Waals surface area contributed by atoms with Gasteiger partial charge in [0.05, 0.1) is 19.8 Å². The molecular weight excluding hydrogens is 564 g/mol. The molecule has 2 aromatic carbocycles. The maximum absolute atomic E-state index is 13.1. The van der Waals surface area contributed by atoms with Gasteiger partial charge in [-0.1, -0.05) is 31.2 Å². The molecule has 0 aliphatic carbocycles. The van der Waals surface area contributed by atoms with Crippen LogP contribution in [0.1, 0.15) is 59.1 Å². The fourth-order valence-corrected chi connectivity index (χ4v) is 3.52. The molecule has 0 saturated heterocycles. The molecule has 238 valence electrons. The first-order valence-electron chi connectivity index (χ1n) is 14.1. The van der Waals surface area contributed by atoms with Crippen molar-refractivity contribution >= 4 is 23.9 Å². The van der Waals surface area contributed by atoms with Crippen LogP contribution in [0.5, 0.6) is 0 Å². The molecule has 0 aliphatic heterocycles. The summed E-state index contributed by atoms with van der Waals surface area (Å²) in [5.74, 6) is -1.95. The van der Waals surface area contributed by atoms with Gasteiger partial charge in [-0.15, -0.1) is 0 Å². The normalized spacial score (nSPS) is 11.3. The highest BCUT2D eigenvalue weighted by Gasteiger charge is 2.28. The number of rotatable bonds is 13. The zero-order valence-electron chi connectivity index (χ0n) is 25.7. The first-order valence-corrected chi connectivity index (χ1v) is 14.1. The summed E-state index contributed by atoms with van der Waals surface area (Å²) in [7, 11) is 0. The third-order valence-corrected chi connectivity index (χ3v) is 5.44. The van der Waals surface area contributed by atoms with Gasteiger partial charge >= 0.3 is 18.0 Å². The molecule has 0 fully saturated rings. The number of alkyl carbamates (subject to hydrolysis) is 1. The van der Waals surface area contributed by atoms with Gasteiger partial charge in [0.1, 0.15) is 29.8 Å². The molecule has 2 amide bonds. The third kappa shape index (κ3) is 16.2. The summed E-state index contributed by atoms with van der Waals surface area (Å²) in [5.41, 5.74) is 0.872. The Bertz CT molecular complexity index is 1150. The monoisotopic (exact) mass is 607 g/mol. The fourth-order valence-electron chi connectivity index (χ4n) is 3.52. The average molecular weight is 608 g/mol. The first kappa shape index (κ1) is 37.0. The first-order chi connectivity index (χ1) is 20.3. The fraction of sp³-hybridized carbons (Fsp3) is 0.484. The van der Waals surface area contributed by atoms with Crippen LogP contribution in [0, 0.1) is 11.6 Å². The van der Waals surface area contributed by atoms with E-state index >= 15 is 0 Å². The Kier molecular flexibility index (Phi) is 16.5. The number of benzene rings is 2. The molecule has 0 bridgehead atoms. The lowest BCUT2D eigenvalue weighted by Gasteiger charge is -2.28. The second kappa shape index (κ2) is 19.2. The maximum atomic E-state index is 13.1. The molecule has 0 spiro atoms. The standard InChI is InChI=1S/C20H29FN2O5.C11H14FNO2/c1-6-16(22-19(26)28-20(3,4)5)18(25)23(13-17(24)27-7-2)12-14-8-10-15(21)11-9-14;1-2-15-11(14)8-13-7-9-3-5-10(12)6-4-9/h8-11,16H,6-7,12-13H2,1-5H3,(H,22,26);3-6,13H,2,7-8H2,1H3/t16-;/m1./s1. The molecule has 0 saturated carbocycles. The summed E-state index contributed by atoms with van der Waals surface area (Å²) in [6.07, 6.45) is -0.411. The van der Waals surface area contributed by atoms with Crippen molar-refractivity contribution in [2.75, 3.05) is 26.3 Å². The molecular formula is C31H43F2N3O7. The van der Waals surface area contributed by atoms with Gasteiger partial charge in [0, 0.05) is 13.1 Å². The molecule has 2 rings (SSSR count). The van der Waals surface area contributed by atoms with Crippen molar-refractivity contribution in [3.63, 3.8) is 0 Å². The summed E-state index contributed by atoms with van der Waals surface area (Å²) < 4.78 is 40.6. The zero-order chi connectivity index (χ0) is 32.4. The number of hydrogen-bond donors (Lipinski definition) is 2. The van der Waals surface area contributed by atoms with Crippen LogP contribution < -0.4 is 10.6 Å². The van der Waals surface area contributed by atoms with E-state index in [2.05, 4.69) is 10.6 Å². The van der Waals surface area contributed by atoms with E-state index in [0.717, 1.165) is 5.56 Å². The number of carbonyl (C=O) groups is 4. The second-order valence-electron chi connectivity index (χ2n) is 10.3. The van der Waals surface area contributed by atoms with E-state index in [0.29, 0.717) is 25.1 Å². The van der Waals surface area contributed by atoms with Gasteiger partial charge in [-0.25, -0.2) is 13.6 Å². The van der Waals surface area contributed by atoms with Crippen molar-refractivity contribution in [3.8, 4) is 0 Å². The Morgan fingerprint density at radius 3 is 1.81 bits per heavy atom. The molecule has 2 N–H and O–H groups in total. The molecule has 0 radical (unpaired) electrons. The van der Waals surface area contributed by atoms with Crippen molar-refractivity contribution in [3.05, 3.63) is 71.3 Å². The van der Waals surface area contributed by atoms with Crippen LogP contribution in [0.2, 0.25) is 0 Å². The number of halogens is 2. The highest BCUT2D eigenvalue weighted by atomic mass is 19.1. The lowest BCUT2D eigenvalue weighted by molar-refractivity contribution is -0.150. The lowest BCUT2D eigenvalue weighted by atomic mass is 10.1. The minimum absolute atomic E-state index is 0.0738. The number of esters is 2. The summed E-state index contributed by atoms with van der Waals surface area (Å²) in [5, 5.41) is 5.45. The van der Waals surface area contributed by atoms with E-state index < -0.39 is 35.4 Å². The number of ether oxygens (including phenoxy) is 3. The smallest absolute Gasteiger partial charge is 0.408 e. The van der Waals surface area contributed by atoms with E-state index in [1.54, 1.807) is 53.7 Å². The van der Waals surface area contributed by atoms with Crippen molar-refractivity contribution in [1.29, 1.82) is 0 Å². The van der Waals surface area contributed by atoms with Crippen LogP contribution in [0.3, 0.4) is 0 Å². The van der Waals surface area contributed by atoms with E-state index in [4.69, 9.17) is 14.2 Å². The Morgan fingerprint density at radius 1 is 0.814 bits per heavy atom. The molecule has 43 heavy (non-hydrogen) atoms. The highest BCUT2D eigenvalue weighted by Crippen LogP contribution is 2.12. The predicted molar refractivity (Wildman–Crippen MR) is 157 cm³/mol. The molecule has 2 aromatic rings. The van der Waals surface area contributed by atoms with Crippen molar-refractivity contribution in [2.45, 2.75) is 72.7 Å². The number of amides is 2. The summed E-state index contributed by atoms with van der Waals surface area (Å²) >= 11 is 0. The van der Waals surface area contributed by atoms with Gasteiger partial charge in [0.15, 0.2) is 0 Å². The van der Waals surface area contributed by atoms with Gasteiger partial charge < -0.3 is 29.7 Å². The lowest BCUT2D eigenvalue weighted by Crippen LogP contribution is -2.50. The van der Waals surface area contributed by atoms with E-state index in [9.17, 15) is 28.0 Å². The number of nitrogens with zero attached hydrogens (tertiary/aromatic N) is 1. The van der Waals surface area contributed by atoms with Crippen LogP contribution >= 0.6 is 0 Å². The Labute approximate surface area is 252 Å². The zero-order valence-corrected chi connectivity index (χ0v) is 25.7. The number of carbonyl (C=O) groups excluding carboxylic acids is 4. The minimum atomic E-state index is -0.871. The van der Waals surface area contributed by atoms with Gasteiger partial charge in [0.25, 0.3) is 0 Å². The molecule has 0 aliphatic rings. The summed E-state index contributed by atoms with van der Waals surface area (Å²) in [6.45, 7) is 11.4. The molecule has 0 heterocycles. The minimum Gasteiger partial charge on any atom is -0.465 e. The molecule has 12 heteroatoms. The van der Waals surface area contributed by atoms with Gasteiger partial charge in [-0.2, -0.15) is 0 Å². The Balaban J connectivity index is 0.000000517. The number of nitrogens with one attached hydrogen (secondary N) is 2. The van der Waals surface area contributed by atoms with Crippen LogP contribution in [0.4, 0.5) is 13.6 Å². The molecule has 0 unspecified atom stereocenters. The van der Waals surface area contributed by atoms with Crippen LogP contribution in [-0.2, 0) is 41.7 Å². The highest BCUT2D eigenvalue weighted by molar-refractivity contribution is 5.88. The van der Waals surface area contributed by atoms with Crippen LogP contribution in [0.15, 0.2) is 48.5 Å². The van der Waals surface area contributed by atoms with Crippen molar-refractivity contribution < 1.29 is 42.2 Å². The van der Waals surface area contributed by atoms with Crippen molar-refractivity contribution in [2.24, 2.45) is 0 Å². The Morgan fingerprint density at radius 2 is 1.33 bits per heavy atom. The third-order valence-electron chi connectivity index (χ3n) is 5.44. The molecule has 10 nitrogen and oxygen atoms in total. The topological polar surface area (TPSA) is 123 Å². The summed E-state index contributed by atoms with van der Waals surface area (Å²) in [6, 6.07) is 10.9. The van der Waals surface area contributed by atoms with E-state index in [-0.39, 0.29) is 38.0 Å². The number of hydrogen-bond acceptors (Lipinski definition) is 8. The maximum Gasteiger partial charge on any atom is 0.408 e. The quantitative estimate of drug-likeness (QED) is 0.252. The predicted octanol–water partition coefficient (Wildman–Crippen LogP) is 4.50. The SMILES string of the molecule is CCOC(=O)CN(Cc1ccc(F)cc1)C(=O)[C@@H](CC)NC(=O)OC(C)(C)C.CCOC(=O)CNCc1ccc(F)cc1. The summed E-state index contributed by atoms with van der Waals surface area (Å²) in [4.78, 5) is 49.2.